The molecule has 0 bridgehead atoms. The van der Waals surface area contributed by atoms with Gasteiger partial charge in [-0.15, -0.1) is 0 Å². The van der Waals surface area contributed by atoms with Gasteiger partial charge in [0, 0.05) is 13.2 Å². The van der Waals surface area contributed by atoms with Gasteiger partial charge in [-0.05, 0) is 44.2 Å². The maximum atomic E-state index is 5.74. The molecule has 1 saturated carbocycles. The summed E-state index contributed by atoms with van der Waals surface area (Å²) in [7, 11) is 0. The monoisotopic (exact) mass is 255 g/mol. The van der Waals surface area contributed by atoms with E-state index in [1.54, 1.807) is 0 Å². The summed E-state index contributed by atoms with van der Waals surface area (Å²) in [4.78, 5) is 0. The number of ether oxygens (including phenoxy) is 1. The predicted octanol–water partition coefficient (Wildman–Crippen LogP) is 4.00. The van der Waals surface area contributed by atoms with E-state index in [4.69, 9.17) is 4.74 Å². The van der Waals surface area contributed by atoms with Gasteiger partial charge in [-0.25, -0.2) is 0 Å². The summed E-state index contributed by atoms with van der Waals surface area (Å²) in [5.74, 6) is 1.81. The molecule has 0 heterocycles. The van der Waals surface area contributed by atoms with E-state index >= 15 is 0 Å². The first-order valence-electron chi connectivity index (χ1n) is 8.16. The minimum Gasteiger partial charge on any atom is -0.381 e. The lowest BCUT2D eigenvalue weighted by Crippen LogP contribution is -2.29. The maximum absolute atomic E-state index is 5.74. The molecule has 1 aliphatic rings. The fourth-order valence-corrected chi connectivity index (χ4v) is 2.98. The van der Waals surface area contributed by atoms with Crippen LogP contribution >= 0.6 is 0 Å². The fourth-order valence-electron chi connectivity index (χ4n) is 2.98. The molecule has 108 valence electrons. The highest BCUT2D eigenvalue weighted by molar-refractivity contribution is 4.77. The topological polar surface area (TPSA) is 21.3 Å². The Bertz CT molecular complexity index is 178. The average Bonchev–Trinajstić information content (AvgIpc) is 2.90. The first-order chi connectivity index (χ1) is 8.88. The highest BCUT2D eigenvalue weighted by atomic mass is 16.5. The molecule has 0 spiro atoms. The average molecular weight is 255 g/mol. The van der Waals surface area contributed by atoms with Gasteiger partial charge in [-0.3, -0.25) is 0 Å². The molecule has 1 aliphatic carbocycles. The van der Waals surface area contributed by atoms with E-state index in [2.05, 4.69) is 19.2 Å². The summed E-state index contributed by atoms with van der Waals surface area (Å²) >= 11 is 0. The van der Waals surface area contributed by atoms with E-state index in [1.807, 2.05) is 0 Å². The van der Waals surface area contributed by atoms with Crippen molar-refractivity contribution in [2.45, 2.75) is 65.2 Å². The van der Waals surface area contributed by atoms with Crippen LogP contribution in [0.5, 0.6) is 0 Å². The Morgan fingerprint density at radius 3 is 2.56 bits per heavy atom. The highest BCUT2D eigenvalue weighted by Crippen LogP contribution is 2.32. The third-order valence-corrected chi connectivity index (χ3v) is 4.18. The van der Waals surface area contributed by atoms with Gasteiger partial charge in [0.05, 0.1) is 0 Å². The van der Waals surface area contributed by atoms with Crippen LogP contribution in [0, 0.1) is 11.8 Å². The zero-order valence-corrected chi connectivity index (χ0v) is 12.5. The number of rotatable bonds is 11. The second kappa shape index (κ2) is 10.8. The highest BCUT2D eigenvalue weighted by Gasteiger charge is 2.24. The van der Waals surface area contributed by atoms with Crippen molar-refractivity contribution in [1.82, 2.24) is 5.32 Å². The molecular formula is C16H33NO. The first-order valence-corrected chi connectivity index (χ1v) is 8.16. The van der Waals surface area contributed by atoms with Gasteiger partial charge in [-0.1, -0.05) is 46.0 Å². The standard InChI is InChI=1S/C16H33NO/c1-3-5-12-18-13-10-16(14-17-11-4-2)15-8-6-7-9-15/h15-17H,3-14H2,1-2H3. The van der Waals surface area contributed by atoms with Gasteiger partial charge in [0.15, 0.2) is 0 Å². The van der Waals surface area contributed by atoms with Crippen molar-refractivity contribution in [3.8, 4) is 0 Å². The molecule has 18 heavy (non-hydrogen) atoms. The van der Waals surface area contributed by atoms with Gasteiger partial charge in [-0.2, -0.15) is 0 Å². The molecule has 1 rings (SSSR count). The molecule has 0 aromatic rings. The van der Waals surface area contributed by atoms with Crippen molar-refractivity contribution in [1.29, 1.82) is 0 Å². The van der Waals surface area contributed by atoms with E-state index < -0.39 is 0 Å². The fraction of sp³-hybridized carbons (Fsp3) is 1.00. The van der Waals surface area contributed by atoms with Crippen LogP contribution < -0.4 is 5.32 Å². The second-order valence-corrected chi connectivity index (χ2v) is 5.76. The molecule has 0 aromatic heterocycles. The molecule has 0 aliphatic heterocycles. The summed E-state index contributed by atoms with van der Waals surface area (Å²) < 4.78 is 5.74. The minimum absolute atomic E-state index is 0.848. The summed E-state index contributed by atoms with van der Waals surface area (Å²) in [6.45, 7) is 8.76. The van der Waals surface area contributed by atoms with Crippen molar-refractivity contribution in [2.24, 2.45) is 11.8 Å². The summed E-state index contributed by atoms with van der Waals surface area (Å²) in [5.41, 5.74) is 0. The van der Waals surface area contributed by atoms with Gasteiger partial charge in [0.2, 0.25) is 0 Å². The SMILES string of the molecule is CCCCOCCC(CNCCC)C1CCCC1. The van der Waals surface area contributed by atoms with Crippen LogP contribution in [0.25, 0.3) is 0 Å². The predicted molar refractivity (Wildman–Crippen MR) is 79.0 cm³/mol. The van der Waals surface area contributed by atoms with Crippen molar-refractivity contribution in [3.63, 3.8) is 0 Å². The Morgan fingerprint density at radius 1 is 1.11 bits per heavy atom. The lowest BCUT2D eigenvalue weighted by Gasteiger charge is -2.24. The van der Waals surface area contributed by atoms with Gasteiger partial charge < -0.3 is 10.1 Å². The zero-order chi connectivity index (χ0) is 13.1. The van der Waals surface area contributed by atoms with Crippen molar-refractivity contribution in [3.05, 3.63) is 0 Å². The Hall–Kier alpha value is -0.0800. The van der Waals surface area contributed by atoms with Crippen molar-refractivity contribution >= 4 is 0 Å². The van der Waals surface area contributed by atoms with Crippen LogP contribution in [0.1, 0.15) is 65.2 Å². The summed E-state index contributed by atoms with van der Waals surface area (Å²) in [6, 6.07) is 0. The van der Waals surface area contributed by atoms with Crippen LogP contribution in [0.4, 0.5) is 0 Å². The van der Waals surface area contributed by atoms with E-state index in [0.717, 1.165) is 25.0 Å². The van der Waals surface area contributed by atoms with Crippen LogP contribution in [0.15, 0.2) is 0 Å². The normalized spacial score (nSPS) is 18.3. The van der Waals surface area contributed by atoms with Crippen molar-refractivity contribution < 1.29 is 4.74 Å². The third-order valence-electron chi connectivity index (χ3n) is 4.18. The molecule has 0 saturated heterocycles. The lowest BCUT2D eigenvalue weighted by atomic mass is 9.88. The van der Waals surface area contributed by atoms with E-state index in [0.29, 0.717) is 0 Å². The Morgan fingerprint density at radius 2 is 1.89 bits per heavy atom. The molecule has 2 nitrogen and oxygen atoms in total. The molecular weight excluding hydrogens is 222 g/mol. The summed E-state index contributed by atoms with van der Waals surface area (Å²) in [6.07, 6.45) is 10.7. The minimum atomic E-state index is 0.848. The van der Waals surface area contributed by atoms with Gasteiger partial charge in [0.1, 0.15) is 0 Å². The third kappa shape index (κ3) is 6.75. The van der Waals surface area contributed by atoms with Crippen LogP contribution in [0.2, 0.25) is 0 Å². The quantitative estimate of drug-likeness (QED) is 0.563. The Balaban J connectivity index is 2.16. The molecule has 1 fully saturated rings. The van der Waals surface area contributed by atoms with Gasteiger partial charge in [0.25, 0.3) is 0 Å². The maximum Gasteiger partial charge on any atom is 0.0469 e. The largest absolute Gasteiger partial charge is 0.381 e. The summed E-state index contributed by atoms with van der Waals surface area (Å²) in [5, 5.41) is 3.61. The van der Waals surface area contributed by atoms with E-state index in [-0.39, 0.29) is 0 Å². The number of hydrogen-bond acceptors (Lipinski definition) is 2. The number of unbranched alkanes of at least 4 members (excludes halogenated alkanes) is 1. The number of nitrogens with one attached hydrogen (secondary N) is 1. The smallest absolute Gasteiger partial charge is 0.0469 e. The van der Waals surface area contributed by atoms with E-state index in [9.17, 15) is 0 Å². The molecule has 0 radical (unpaired) electrons. The zero-order valence-electron chi connectivity index (χ0n) is 12.5. The Kier molecular flexibility index (Phi) is 9.59. The molecule has 1 unspecified atom stereocenters. The first kappa shape index (κ1) is 16.0. The van der Waals surface area contributed by atoms with E-state index in [1.165, 1.54) is 64.5 Å². The Labute approximate surface area is 114 Å². The van der Waals surface area contributed by atoms with Crippen LogP contribution in [-0.4, -0.2) is 26.3 Å². The second-order valence-electron chi connectivity index (χ2n) is 5.76. The molecule has 2 heteroatoms. The van der Waals surface area contributed by atoms with Crippen LogP contribution in [0.3, 0.4) is 0 Å². The molecule has 0 amide bonds. The van der Waals surface area contributed by atoms with Crippen LogP contribution in [-0.2, 0) is 4.74 Å². The van der Waals surface area contributed by atoms with Gasteiger partial charge >= 0.3 is 0 Å². The molecule has 1 atom stereocenters. The molecule has 1 N–H and O–H groups in total. The molecule has 0 aromatic carbocycles. The van der Waals surface area contributed by atoms with Crippen molar-refractivity contribution in [2.75, 3.05) is 26.3 Å². The number of hydrogen-bond donors (Lipinski definition) is 1. The lowest BCUT2D eigenvalue weighted by molar-refractivity contribution is 0.107.